The standard InChI is InChI=1S/C20H23N3O2S/c1-2-25-18-9-4-7-16(13-18)22-20(26)21-14-15-6-3-8-17(12-15)23-11-5-10-19(23)24/h3-4,6-9,12-13H,2,5,10-11,14H2,1H3,(H2,21,22,26). The van der Waals surface area contributed by atoms with Crippen LogP contribution in [0.5, 0.6) is 5.75 Å². The minimum Gasteiger partial charge on any atom is -0.494 e. The Labute approximate surface area is 159 Å². The lowest BCUT2D eigenvalue weighted by Gasteiger charge is -2.17. The van der Waals surface area contributed by atoms with E-state index in [9.17, 15) is 4.79 Å². The summed E-state index contributed by atoms with van der Waals surface area (Å²) in [6.45, 7) is 3.97. The van der Waals surface area contributed by atoms with Crippen LogP contribution in [0.25, 0.3) is 0 Å². The molecule has 0 aromatic heterocycles. The number of ether oxygens (including phenoxy) is 1. The highest BCUT2D eigenvalue weighted by Gasteiger charge is 2.21. The van der Waals surface area contributed by atoms with Crippen molar-refractivity contribution in [2.75, 3.05) is 23.4 Å². The van der Waals surface area contributed by atoms with E-state index in [-0.39, 0.29) is 5.91 Å². The molecule has 2 aromatic rings. The summed E-state index contributed by atoms with van der Waals surface area (Å²) < 4.78 is 5.49. The summed E-state index contributed by atoms with van der Waals surface area (Å²) >= 11 is 5.37. The van der Waals surface area contributed by atoms with Gasteiger partial charge >= 0.3 is 0 Å². The first-order valence-corrected chi connectivity index (χ1v) is 9.23. The summed E-state index contributed by atoms with van der Waals surface area (Å²) in [7, 11) is 0. The van der Waals surface area contributed by atoms with Gasteiger partial charge in [-0.25, -0.2) is 0 Å². The van der Waals surface area contributed by atoms with Crippen molar-refractivity contribution < 1.29 is 9.53 Å². The van der Waals surface area contributed by atoms with Crippen molar-refractivity contribution in [2.24, 2.45) is 0 Å². The van der Waals surface area contributed by atoms with E-state index in [1.165, 1.54) is 0 Å². The molecule has 0 aliphatic carbocycles. The summed E-state index contributed by atoms with van der Waals surface area (Å²) in [5, 5.41) is 6.91. The molecular weight excluding hydrogens is 346 g/mol. The average Bonchev–Trinajstić information content (AvgIpc) is 3.07. The van der Waals surface area contributed by atoms with Gasteiger partial charge in [-0.3, -0.25) is 4.79 Å². The molecular formula is C20H23N3O2S. The monoisotopic (exact) mass is 369 g/mol. The molecule has 1 amide bonds. The van der Waals surface area contributed by atoms with Gasteiger partial charge in [0.1, 0.15) is 5.75 Å². The van der Waals surface area contributed by atoms with E-state index in [0.29, 0.717) is 24.7 Å². The molecule has 0 spiro atoms. The van der Waals surface area contributed by atoms with Crippen molar-refractivity contribution in [3.05, 3.63) is 54.1 Å². The predicted molar refractivity (Wildman–Crippen MR) is 109 cm³/mol. The number of benzene rings is 2. The summed E-state index contributed by atoms with van der Waals surface area (Å²) in [5.74, 6) is 1.00. The van der Waals surface area contributed by atoms with E-state index in [0.717, 1.165) is 35.7 Å². The Kier molecular flexibility index (Phi) is 6.07. The Morgan fingerprint density at radius 2 is 2.08 bits per heavy atom. The van der Waals surface area contributed by atoms with E-state index in [2.05, 4.69) is 10.6 Å². The normalized spacial score (nSPS) is 13.6. The molecule has 3 rings (SSSR count). The molecule has 1 heterocycles. The molecule has 1 saturated heterocycles. The van der Waals surface area contributed by atoms with Crippen LogP contribution in [0.15, 0.2) is 48.5 Å². The van der Waals surface area contributed by atoms with Crippen LogP contribution in [0.2, 0.25) is 0 Å². The summed E-state index contributed by atoms with van der Waals surface area (Å²) in [4.78, 5) is 13.7. The third-order valence-corrected chi connectivity index (χ3v) is 4.40. The fourth-order valence-electron chi connectivity index (χ4n) is 2.94. The molecule has 1 aliphatic heterocycles. The van der Waals surface area contributed by atoms with Gasteiger partial charge in [-0.1, -0.05) is 18.2 Å². The van der Waals surface area contributed by atoms with E-state index < -0.39 is 0 Å². The molecule has 6 heteroatoms. The lowest BCUT2D eigenvalue weighted by Crippen LogP contribution is -2.28. The van der Waals surface area contributed by atoms with Crippen LogP contribution in [-0.4, -0.2) is 24.2 Å². The van der Waals surface area contributed by atoms with Crippen molar-refractivity contribution in [3.63, 3.8) is 0 Å². The van der Waals surface area contributed by atoms with Gasteiger partial charge in [-0.05, 0) is 55.4 Å². The molecule has 0 bridgehead atoms. The maximum Gasteiger partial charge on any atom is 0.227 e. The summed E-state index contributed by atoms with van der Waals surface area (Å²) in [6.07, 6.45) is 1.56. The third-order valence-electron chi connectivity index (χ3n) is 4.15. The Morgan fingerprint density at radius 3 is 2.85 bits per heavy atom. The molecule has 2 N–H and O–H groups in total. The number of rotatable bonds is 6. The number of amides is 1. The van der Waals surface area contributed by atoms with E-state index in [4.69, 9.17) is 17.0 Å². The van der Waals surface area contributed by atoms with Crippen LogP contribution in [0, 0.1) is 0 Å². The second kappa shape index (κ2) is 8.67. The van der Waals surface area contributed by atoms with Crippen molar-refractivity contribution in [1.29, 1.82) is 0 Å². The van der Waals surface area contributed by atoms with Crippen LogP contribution < -0.4 is 20.3 Å². The predicted octanol–water partition coefficient (Wildman–Crippen LogP) is 3.70. The highest BCUT2D eigenvalue weighted by atomic mass is 32.1. The van der Waals surface area contributed by atoms with Gasteiger partial charge in [0.05, 0.1) is 6.61 Å². The second-order valence-corrected chi connectivity index (χ2v) is 6.50. The Hall–Kier alpha value is -2.60. The number of thiocarbonyl (C=S) groups is 1. The Bertz CT molecular complexity index is 794. The highest BCUT2D eigenvalue weighted by molar-refractivity contribution is 7.80. The molecule has 0 saturated carbocycles. The zero-order chi connectivity index (χ0) is 18.4. The molecule has 26 heavy (non-hydrogen) atoms. The van der Waals surface area contributed by atoms with E-state index in [1.807, 2.05) is 60.4 Å². The molecule has 0 radical (unpaired) electrons. The maximum atomic E-state index is 11.9. The zero-order valence-corrected chi connectivity index (χ0v) is 15.6. The van der Waals surface area contributed by atoms with Gasteiger partial charge in [0.15, 0.2) is 5.11 Å². The lowest BCUT2D eigenvalue weighted by atomic mass is 10.2. The smallest absolute Gasteiger partial charge is 0.227 e. The summed E-state index contributed by atoms with van der Waals surface area (Å²) in [6, 6.07) is 15.7. The van der Waals surface area contributed by atoms with Gasteiger partial charge in [0, 0.05) is 37.0 Å². The Morgan fingerprint density at radius 1 is 1.23 bits per heavy atom. The van der Waals surface area contributed by atoms with Crippen molar-refractivity contribution in [3.8, 4) is 5.75 Å². The molecule has 0 atom stereocenters. The van der Waals surface area contributed by atoms with Crippen molar-refractivity contribution in [1.82, 2.24) is 5.32 Å². The minimum atomic E-state index is 0.196. The maximum absolute atomic E-state index is 11.9. The number of hydrogen-bond acceptors (Lipinski definition) is 3. The van der Waals surface area contributed by atoms with Crippen LogP contribution in [0.4, 0.5) is 11.4 Å². The lowest BCUT2D eigenvalue weighted by molar-refractivity contribution is -0.117. The van der Waals surface area contributed by atoms with Gasteiger partial charge in [0.25, 0.3) is 0 Å². The number of hydrogen-bond donors (Lipinski definition) is 2. The highest BCUT2D eigenvalue weighted by Crippen LogP contribution is 2.22. The number of anilines is 2. The zero-order valence-electron chi connectivity index (χ0n) is 14.8. The molecule has 1 fully saturated rings. The first-order valence-electron chi connectivity index (χ1n) is 8.82. The van der Waals surface area contributed by atoms with Crippen LogP contribution >= 0.6 is 12.2 Å². The number of nitrogens with zero attached hydrogens (tertiary/aromatic N) is 1. The van der Waals surface area contributed by atoms with Crippen molar-refractivity contribution >= 4 is 34.6 Å². The molecule has 5 nitrogen and oxygen atoms in total. The molecule has 0 unspecified atom stereocenters. The topological polar surface area (TPSA) is 53.6 Å². The fourth-order valence-corrected chi connectivity index (χ4v) is 3.13. The fraction of sp³-hybridized carbons (Fsp3) is 0.300. The summed E-state index contributed by atoms with van der Waals surface area (Å²) in [5.41, 5.74) is 2.91. The third kappa shape index (κ3) is 4.73. The van der Waals surface area contributed by atoms with Gasteiger partial charge < -0.3 is 20.3 Å². The average molecular weight is 369 g/mol. The second-order valence-electron chi connectivity index (χ2n) is 6.09. The quantitative estimate of drug-likeness (QED) is 0.761. The van der Waals surface area contributed by atoms with E-state index >= 15 is 0 Å². The van der Waals surface area contributed by atoms with Crippen molar-refractivity contribution in [2.45, 2.75) is 26.3 Å². The first-order chi connectivity index (χ1) is 12.7. The van der Waals surface area contributed by atoms with Crippen LogP contribution in [-0.2, 0) is 11.3 Å². The van der Waals surface area contributed by atoms with Gasteiger partial charge in [-0.15, -0.1) is 0 Å². The molecule has 1 aliphatic rings. The van der Waals surface area contributed by atoms with Crippen LogP contribution in [0.3, 0.4) is 0 Å². The largest absolute Gasteiger partial charge is 0.494 e. The molecule has 2 aromatic carbocycles. The van der Waals surface area contributed by atoms with Gasteiger partial charge in [-0.2, -0.15) is 0 Å². The number of carbonyl (C=O) groups is 1. The Balaban J connectivity index is 1.56. The number of nitrogens with one attached hydrogen (secondary N) is 2. The van der Waals surface area contributed by atoms with Gasteiger partial charge in [0.2, 0.25) is 5.91 Å². The minimum absolute atomic E-state index is 0.196. The van der Waals surface area contributed by atoms with E-state index in [1.54, 1.807) is 0 Å². The number of carbonyl (C=O) groups excluding carboxylic acids is 1. The molecule has 136 valence electrons. The first kappa shape index (κ1) is 18.2. The van der Waals surface area contributed by atoms with Crippen LogP contribution in [0.1, 0.15) is 25.3 Å². The SMILES string of the molecule is CCOc1cccc(NC(=S)NCc2cccc(N3CCCC3=O)c2)c1.